The van der Waals surface area contributed by atoms with Gasteiger partial charge in [0.05, 0.1) is 28.3 Å². The lowest BCUT2D eigenvalue weighted by Crippen LogP contribution is -2.16. The highest BCUT2D eigenvalue weighted by Crippen LogP contribution is 2.23. The molecule has 1 heterocycles. The summed E-state index contributed by atoms with van der Waals surface area (Å²) in [5, 5.41) is 12.0. The molecule has 0 fully saturated rings. The fraction of sp³-hybridized carbons (Fsp3) is 0.0714. The zero-order valence-electron chi connectivity index (χ0n) is 10.6. The summed E-state index contributed by atoms with van der Waals surface area (Å²) in [7, 11) is 0. The van der Waals surface area contributed by atoms with E-state index in [0.29, 0.717) is 20.9 Å². The van der Waals surface area contributed by atoms with Crippen LogP contribution in [-0.2, 0) is 11.2 Å². The van der Waals surface area contributed by atoms with Crippen LogP contribution in [0.5, 0.6) is 0 Å². The van der Waals surface area contributed by atoms with E-state index >= 15 is 0 Å². The van der Waals surface area contributed by atoms with Crippen molar-refractivity contribution in [2.75, 3.05) is 5.32 Å². The minimum Gasteiger partial charge on any atom is -0.478 e. The van der Waals surface area contributed by atoms with Gasteiger partial charge in [-0.25, -0.2) is 9.78 Å². The molecule has 0 radical (unpaired) electrons. The standard InChI is InChI=1S/C14H10BrClN2O3/c15-11-6-9(7-17-13(11)16)18-12(19)5-8-3-1-2-4-10(8)14(20)21/h1-4,6-7H,5H2,(H,18,19)(H,20,21). The maximum atomic E-state index is 12.0. The minimum atomic E-state index is -1.06. The molecular weight excluding hydrogens is 360 g/mol. The predicted molar refractivity (Wildman–Crippen MR) is 82.7 cm³/mol. The van der Waals surface area contributed by atoms with Crippen molar-refractivity contribution in [1.29, 1.82) is 0 Å². The Kier molecular flexibility index (Phi) is 4.93. The number of hydrogen-bond acceptors (Lipinski definition) is 3. The first kappa shape index (κ1) is 15.5. The SMILES string of the molecule is O=C(Cc1ccccc1C(=O)O)Nc1cnc(Cl)c(Br)c1. The molecule has 1 aromatic carbocycles. The highest BCUT2D eigenvalue weighted by molar-refractivity contribution is 9.10. The van der Waals surface area contributed by atoms with E-state index in [9.17, 15) is 9.59 Å². The van der Waals surface area contributed by atoms with Gasteiger partial charge in [-0.3, -0.25) is 4.79 Å². The summed E-state index contributed by atoms with van der Waals surface area (Å²) in [6, 6.07) is 8.00. The van der Waals surface area contributed by atoms with Gasteiger partial charge in [0.2, 0.25) is 5.91 Å². The summed E-state index contributed by atoms with van der Waals surface area (Å²) in [5.41, 5.74) is 1.04. The summed E-state index contributed by atoms with van der Waals surface area (Å²) in [4.78, 5) is 26.9. The van der Waals surface area contributed by atoms with Crippen molar-refractivity contribution in [1.82, 2.24) is 4.98 Å². The van der Waals surface area contributed by atoms with Crippen LogP contribution in [0.15, 0.2) is 41.0 Å². The normalized spacial score (nSPS) is 10.2. The Morgan fingerprint density at radius 3 is 2.71 bits per heavy atom. The fourth-order valence-electron chi connectivity index (χ4n) is 1.75. The second kappa shape index (κ2) is 6.69. The zero-order valence-corrected chi connectivity index (χ0v) is 13.0. The van der Waals surface area contributed by atoms with Crippen LogP contribution in [0.1, 0.15) is 15.9 Å². The van der Waals surface area contributed by atoms with Gasteiger partial charge in [-0.05, 0) is 33.6 Å². The molecule has 0 spiro atoms. The van der Waals surface area contributed by atoms with Crippen LogP contribution in [0, 0.1) is 0 Å². The van der Waals surface area contributed by atoms with Crippen molar-refractivity contribution in [2.24, 2.45) is 0 Å². The summed E-state index contributed by atoms with van der Waals surface area (Å²) in [5.74, 6) is -1.39. The molecule has 2 N–H and O–H groups in total. The van der Waals surface area contributed by atoms with Crippen molar-refractivity contribution in [3.63, 3.8) is 0 Å². The average Bonchev–Trinajstić information content (AvgIpc) is 2.43. The van der Waals surface area contributed by atoms with E-state index in [4.69, 9.17) is 16.7 Å². The van der Waals surface area contributed by atoms with E-state index in [0.717, 1.165) is 0 Å². The Morgan fingerprint density at radius 2 is 2.05 bits per heavy atom. The molecule has 1 amide bonds. The molecular formula is C14H10BrClN2O3. The summed E-state index contributed by atoms with van der Waals surface area (Å²) >= 11 is 8.98. The Morgan fingerprint density at radius 1 is 1.33 bits per heavy atom. The first-order valence-corrected chi connectivity index (χ1v) is 7.06. The lowest BCUT2D eigenvalue weighted by atomic mass is 10.0. The summed E-state index contributed by atoms with van der Waals surface area (Å²) in [6.45, 7) is 0. The van der Waals surface area contributed by atoms with Gasteiger partial charge in [0.15, 0.2) is 0 Å². The maximum Gasteiger partial charge on any atom is 0.335 e. The molecule has 21 heavy (non-hydrogen) atoms. The summed E-state index contributed by atoms with van der Waals surface area (Å²) in [6.07, 6.45) is 1.39. The number of carbonyl (C=O) groups is 2. The lowest BCUT2D eigenvalue weighted by molar-refractivity contribution is -0.115. The number of nitrogens with one attached hydrogen (secondary N) is 1. The van der Waals surface area contributed by atoms with E-state index in [1.54, 1.807) is 24.3 Å². The Labute approximate surface area is 134 Å². The molecule has 7 heteroatoms. The van der Waals surface area contributed by atoms with Crippen molar-refractivity contribution < 1.29 is 14.7 Å². The number of carboxylic acids is 1. The van der Waals surface area contributed by atoms with Gasteiger partial charge < -0.3 is 10.4 Å². The molecule has 0 saturated heterocycles. The Hall–Kier alpha value is -1.92. The molecule has 0 aliphatic rings. The maximum absolute atomic E-state index is 12.0. The molecule has 0 unspecified atom stereocenters. The number of nitrogens with zero attached hydrogens (tertiary/aromatic N) is 1. The highest BCUT2D eigenvalue weighted by Gasteiger charge is 2.13. The molecule has 0 bridgehead atoms. The predicted octanol–water partition coefficient (Wildman–Crippen LogP) is 3.38. The van der Waals surface area contributed by atoms with Crippen LogP contribution in [0.3, 0.4) is 0 Å². The number of aromatic nitrogens is 1. The molecule has 2 rings (SSSR count). The van der Waals surface area contributed by atoms with Crippen LogP contribution >= 0.6 is 27.5 Å². The lowest BCUT2D eigenvalue weighted by Gasteiger charge is -2.08. The van der Waals surface area contributed by atoms with E-state index in [1.807, 2.05) is 0 Å². The van der Waals surface area contributed by atoms with Gasteiger partial charge in [0.25, 0.3) is 0 Å². The number of anilines is 1. The second-order valence-electron chi connectivity index (χ2n) is 4.18. The molecule has 5 nitrogen and oxygen atoms in total. The third-order valence-corrected chi connectivity index (χ3v) is 3.81. The number of halogens is 2. The number of aromatic carboxylic acids is 1. The van der Waals surface area contributed by atoms with Crippen LogP contribution in [0.2, 0.25) is 5.15 Å². The highest BCUT2D eigenvalue weighted by atomic mass is 79.9. The number of amides is 1. The number of pyridine rings is 1. The van der Waals surface area contributed by atoms with Gasteiger partial charge in [-0.15, -0.1) is 0 Å². The van der Waals surface area contributed by atoms with E-state index in [2.05, 4.69) is 26.2 Å². The zero-order chi connectivity index (χ0) is 15.4. The molecule has 2 aromatic rings. The van der Waals surface area contributed by atoms with Crippen LogP contribution in [-0.4, -0.2) is 22.0 Å². The average molecular weight is 370 g/mol. The molecule has 0 aliphatic carbocycles. The summed E-state index contributed by atoms with van der Waals surface area (Å²) < 4.78 is 0.563. The number of benzene rings is 1. The number of carbonyl (C=O) groups excluding carboxylic acids is 1. The van der Waals surface area contributed by atoms with Gasteiger partial charge in [-0.1, -0.05) is 29.8 Å². The van der Waals surface area contributed by atoms with E-state index in [-0.39, 0.29) is 17.9 Å². The Bertz CT molecular complexity index is 706. The largest absolute Gasteiger partial charge is 0.478 e. The van der Waals surface area contributed by atoms with E-state index < -0.39 is 5.97 Å². The number of hydrogen-bond donors (Lipinski definition) is 2. The van der Waals surface area contributed by atoms with Crippen LogP contribution in [0.4, 0.5) is 5.69 Å². The van der Waals surface area contributed by atoms with Gasteiger partial charge in [0.1, 0.15) is 5.15 Å². The first-order valence-electron chi connectivity index (χ1n) is 5.89. The monoisotopic (exact) mass is 368 g/mol. The molecule has 108 valence electrons. The number of carboxylic acid groups (broad SMARTS) is 1. The molecule has 0 saturated carbocycles. The Balaban J connectivity index is 2.12. The van der Waals surface area contributed by atoms with Crippen LogP contribution in [0.25, 0.3) is 0 Å². The van der Waals surface area contributed by atoms with Gasteiger partial charge >= 0.3 is 5.97 Å². The topological polar surface area (TPSA) is 79.3 Å². The molecule has 0 atom stereocenters. The number of rotatable bonds is 4. The van der Waals surface area contributed by atoms with Crippen molar-refractivity contribution >= 4 is 45.1 Å². The molecule has 0 aliphatic heterocycles. The third kappa shape index (κ3) is 4.03. The second-order valence-corrected chi connectivity index (χ2v) is 5.40. The van der Waals surface area contributed by atoms with Gasteiger partial charge in [0, 0.05) is 0 Å². The minimum absolute atomic E-state index is 0.0390. The van der Waals surface area contributed by atoms with Gasteiger partial charge in [-0.2, -0.15) is 0 Å². The van der Waals surface area contributed by atoms with Crippen molar-refractivity contribution in [3.05, 3.63) is 57.3 Å². The third-order valence-electron chi connectivity index (χ3n) is 2.68. The van der Waals surface area contributed by atoms with Crippen molar-refractivity contribution in [3.8, 4) is 0 Å². The fourth-order valence-corrected chi connectivity index (χ4v) is 2.20. The van der Waals surface area contributed by atoms with Crippen molar-refractivity contribution in [2.45, 2.75) is 6.42 Å². The van der Waals surface area contributed by atoms with Crippen LogP contribution < -0.4 is 5.32 Å². The molecule has 1 aromatic heterocycles. The quantitative estimate of drug-likeness (QED) is 0.810. The van der Waals surface area contributed by atoms with E-state index in [1.165, 1.54) is 12.3 Å². The smallest absolute Gasteiger partial charge is 0.335 e. The first-order chi connectivity index (χ1) is 9.97.